The highest BCUT2D eigenvalue weighted by molar-refractivity contribution is 6.06. The molecule has 0 aliphatic heterocycles. The van der Waals surface area contributed by atoms with Gasteiger partial charge in [0.25, 0.3) is 0 Å². The Morgan fingerprint density at radius 2 is 1.94 bits per heavy atom. The lowest BCUT2D eigenvalue weighted by Crippen LogP contribution is -2.19. The fraction of sp³-hybridized carbons (Fsp3) is 0.462. The smallest absolute Gasteiger partial charge is 0.169 e. The van der Waals surface area contributed by atoms with Crippen molar-refractivity contribution in [1.29, 1.82) is 0 Å². The van der Waals surface area contributed by atoms with Crippen LogP contribution >= 0.6 is 0 Å². The quantitative estimate of drug-likeness (QED) is 0.734. The number of nitrogen functional groups attached to an aromatic ring is 1. The average Bonchev–Trinajstić information content (AvgIpc) is 2.36. The standard InChI is InChI=1S/C13H18N2O/c1-13(2)7-8-5-10(14)11(15(3)4)6-9(8)12(13)16/h5-6H,7,14H2,1-4H3. The van der Waals surface area contributed by atoms with Gasteiger partial charge in [-0.3, -0.25) is 4.79 Å². The summed E-state index contributed by atoms with van der Waals surface area (Å²) in [5, 5.41) is 0. The number of nitrogens with two attached hydrogens (primary N) is 1. The van der Waals surface area contributed by atoms with Crippen LogP contribution < -0.4 is 10.6 Å². The molecule has 0 saturated heterocycles. The van der Waals surface area contributed by atoms with Gasteiger partial charge < -0.3 is 10.6 Å². The molecule has 1 aliphatic carbocycles. The van der Waals surface area contributed by atoms with Gasteiger partial charge in [0.05, 0.1) is 11.4 Å². The van der Waals surface area contributed by atoms with Crippen LogP contribution in [-0.4, -0.2) is 19.9 Å². The van der Waals surface area contributed by atoms with Gasteiger partial charge in [0.2, 0.25) is 0 Å². The first-order valence-corrected chi connectivity index (χ1v) is 5.47. The molecular formula is C13H18N2O. The Morgan fingerprint density at radius 3 is 2.50 bits per heavy atom. The molecule has 2 rings (SSSR count). The summed E-state index contributed by atoms with van der Waals surface area (Å²) in [6.45, 7) is 3.97. The van der Waals surface area contributed by atoms with Crippen molar-refractivity contribution in [3.8, 4) is 0 Å². The van der Waals surface area contributed by atoms with Gasteiger partial charge in [-0.25, -0.2) is 0 Å². The third-order valence-corrected chi connectivity index (χ3v) is 3.23. The Hall–Kier alpha value is -1.51. The van der Waals surface area contributed by atoms with E-state index >= 15 is 0 Å². The fourth-order valence-corrected chi connectivity index (χ4v) is 2.32. The van der Waals surface area contributed by atoms with Crippen LogP contribution in [0.4, 0.5) is 11.4 Å². The third-order valence-electron chi connectivity index (χ3n) is 3.23. The molecule has 2 N–H and O–H groups in total. The summed E-state index contributed by atoms with van der Waals surface area (Å²) in [5.41, 5.74) is 9.28. The molecule has 0 atom stereocenters. The van der Waals surface area contributed by atoms with Gasteiger partial charge in [0, 0.05) is 25.1 Å². The van der Waals surface area contributed by atoms with Crippen LogP contribution in [0.3, 0.4) is 0 Å². The Bertz CT molecular complexity index is 461. The molecule has 0 aromatic heterocycles. The van der Waals surface area contributed by atoms with Gasteiger partial charge in [-0.1, -0.05) is 13.8 Å². The van der Waals surface area contributed by atoms with E-state index in [1.165, 1.54) is 0 Å². The summed E-state index contributed by atoms with van der Waals surface area (Å²) in [6.07, 6.45) is 0.791. The second kappa shape index (κ2) is 3.24. The first-order valence-electron chi connectivity index (χ1n) is 5.47. The topological polar surface area (TPSA) is 46.3 Å². The summed E-state index contributed by atoms with van der Waals surface area (Å²) < 4.78 is 0. The van der Waals surface area contributed by atoms with Crippen molar-refractivity contribution in [2.75, 3.05) is 24.7 Å². The molecule has 0 fully saturated rings. The molecule has 16 heavy (non-hydrogen) atoms. The van der Waals surface area contributed by atoms with E-state index in [1.807, 2.05) is 45.0 Å². The molecule has 0 unspecified atom stereocenters. The van der Waals surface area contributed by atoms with Crippen molar-refractivity contribution in [3.63, 3.8) is 0 Å². The molecule has 0 saturated carbocycles. The van der Waals surface area contributed by atoms with E-state index in [0.29, 0.717) is 0 Å². The van der Waals surface area contributed by atoms with Gasteiger partial charge in [-0.15, -0.1) is 0 Å². The summed E-state index contributed by atoms with van der Waals surface area (Å²) in [6, 6.07) is 3.86. The van der Waals surface area contributed by atoms with Gasteiger partial charge in [0.15, 0.2) is 5.78 Å². The maximum Gasteiger partial charge on any atom is 0.169 e. The van der Waals surface area contributed by atoms with Gasteiger partial charge >= 0.3 is 0 Å². The summed E-state index contributed by atoms with van der Waals surface area (Å²) in [7, 11) is 3.87. The van der Waals surface area contributed by atoms with Gasteiger partial charge in [-0.05, 0) is 24.1 Å². The Labute approximate surface area is 96.2 Å². The first-order chi connectivity index (χ1) is 7.33. The van der Waals surface area contributed by atoms with Crippen LogP contribution in [0.5, 0.6) is 0 Å². The van der Waals surface area contributed by atoms with Crippen LogP contribution in [-0.2, 0) is 6.42 Å². The number of rotatable bonds is 1. The highest BCUT2D eigenvalue weighted by Crippen LogP contribution is 2.39. The van der Waals surface area contributed by atoms with Gasteiger partial charge in [0.1, 0.15) is 0 Å². The van der Waals surface area contributed by atoms with Crippen molar-refractivity contribution in [2.24, 2.45) is 5.41 Å². The predicted molar refractivity (Wildman–Crippen MR) is 67.0 cm³/mol. The van der Waals surface area contributed by atoms with Crippen LogP contribution in [0.2, 0.25) is 0 Å². The number of carbonyl (C=O) groups excluding carboxylic acids is 1. The summed E-state index contributed by atoms with van der Waals surface area (Å²) in [4.78, 5) is 14.1. The van der Waals surface area contributed by atoms with Crippen LogP contribution in [0.25, 0.3) is 0 Å². The molecule has 0 bridgehead atoms. The highest BCUT2D eigenvalue weighted by atomic mass is 16.1. The van der Waals surface area contributed by atoms with E-state index in [1.54, 1.807) is 0 Å². The summed E-state index contributed by atoms with van der Waals surface area (Å²) in [5.74, 6) is 0.227. The highest BCUT2D eigenvalue weighted by Gasteiger charge is 2.37. The molecular weight excluding hydrogens is 200 g/mol. The minimum atomic E-state index is -0.278. The zero-order chi connectivity index (χ0) is 12.1. The monoisotopic (exact) mass is 218 g/mol. The van der Waals surface area contributed by atoms with E-state index in [0.717, 1.165) is 28.9 Å². The molecule has 0 radical (unpaired) electrons. The van der Waals surface area contributed by atoms with Crippen LogP contribution in [0.1, 0.15) is 29.8 Å². The number of nitrogens with zero attached hydrogens (tertiary/aromatic N) is 1. The lowest BCUT2D eigenvalue weighted by atomic mass is 9.89. The normalized spacial score (nSPS) is 17.4. The molecule has 1 aromatic carbocycles. The minimum Gasteiger partial charge on any atom is -0.397 e. The molecule has 1 aliphatic rings. The van der Waals surface area contributed by atoms with E-state index in [-0.39, 0.29) is 11.2 Å². The van der Waals surface area contributed by atoms with E-state index in [4.69, 9.17) is 5.73 Å². The second-order valence-corrected chi connectivity index (χ2v) is 5.35. The van der Waals surface area contributed by atoms with Crippen LogP contribution in [0.15, 0.2) is 12.1 Å². The molecule has 1 aromatic rings. The molecule has 0 spiro atoms. The number of hydrogen-bond acceptors (Lipinski definition) is 3. The largest absolute Gasteiger partial charge is 0.397 e. The zero-order valence-electron chi connectivity index (χ0n) is 10.3. The first kappa shape index (κ1) is 11.0. The van der Waals surface area contributed by atoms with Gasteiger partial charge in [-0.2, -0.15) is 0 Å². The van der Waals surface area contributed by atoms with Crippen molar-refractivity contribution in [3.05, 3.63) is 23.3 Å². The maximum atomic E-state index is 12.1. The van der Waals surface area contributed by atoms with Crippen molar-refractivity contribution >= 4 is 17.2 Å². The third kappa shape index (κ3) is 1.47. The number of hydrogen-bond donors (Lipinski definition) is 1. The number of fused-ring (bicyclic) bond motifs is 1. The van der Waals surface area contributed by atoms with Crippen molar-refractivity contribution < 1.29 is 4.79 Å². The Kier molecular flexibility index (Phi) is 2.22. The number of anilines is 2. The van der Waals surface area contributed by atoms with E-state index < -0.39 is 0 Å². The Morgan fingerprint density at radius 1 is 1.31 bits per heavy atom. The second-order valence-electron chi connectivity index (χ2n) is 5.35. The number of ketones is 1. The molecule has 0 amide bonds. The van der Waals surface area contributed by atoms with Crippen molar-refractivity contribution in [1.82, 2.24) is 0 Å². The number of Topliss-reactive ketones (excluding diaryl/α,β-unsaturated/α-hetero) is 1. The molecule has 3 nitrogen and oxygen atoms in total. The maximum absolute atomic E-state index is 12.1. The van der Waals surface area contributed by atoms with E-state index in [2.05, 4.69) is 0 Å². The predicted octanol–water partition coefficient (Wildman–Crippen LogP) is 2.10. The lowest BCUT2D eigenvalue weighted by molar-refractivity contribution is 0.0863. The van der Waals surface area contributed by atoms with E-state index in [9.17, 15) is 4.79 Å². The van der Waals surface area contributed by atoms with Crippen molar-refractivity contribution in [2.45, 2.75) is 20.3 Å². The number of benzene rings is 1. The molecule has 86 valence electrons. The summed E-state index contributed by atoms with van der Waals surface area (Å²) >= 11 is 0. The zero-order valence-corrected chi connectivity index (χ0v) is 10.3. The average molecular weight is 218 g/mol. The lowest BCUT2D eigenvalue weighted by Gasteiger charge is -2.16. The molecule has 3 heteroatoms. The minimum absolute atomic E-state index is 0.227. The van der Waals surface area contributed by atoms with Crippen LogP contribution in [0, 0.1) is 5.41 Å². The number of carbonyl (C=O) groups is 1. The molecule has 0 heterocycles. The fourth-order valence-electron chi connectivity index (χ4n) is 2.32. The Balaban J connectivity index is 2.58. The SMILES string of the molecule is CN(C)c1cc2c(cc1N)CC(C)(C)C2=O.